The van der Waals surface area contributed by atoms with Crippen LogP contribution in [0.25, 0.3) is 0 Å². The second-order valence-corrected chi connectivity index (χ2v) is 4.68. The zero-order valence-electron chi connectivity index (χ0n) is 11.8. The van der Waals surface area contributed by atoms with Gasteiger partial charge in [0.2, 0.25) is 5.91 Å². The van der Waals surface area contributed by atoms with Crippen LogP contribution in [0.1, 0.15) is 5.56 Å². The third-order valence-electron chi connectivity index (χ3n) is 3.18. The van der Waals surface area contributed by atoms with E-state index in [2.05, 4.69) is 5.32 Å². The number of nitrogens with one attached hydrogen (secondary N) is 1. The monoisotopic (exact) mass is 288 g/mol. The molecule has 1 heterocycles. The number of amides is 1. The van der Waals surface area contributed by atoms with E-state index in [1.54, 1.807) is 0 Å². The third kappa shape index (κ3) is 2.86. The van der Waals surface area contributed by atoms with Crippen molar-refractivity contribution in [2.24, 2.45) is 14.1 Å². The molecule has 110 valence electrons. The van der Waals surface area contributed by atoms with Gasteiger partial charge in [-0.2, -0.15) is 0 Å². The number of anilines is 2. The van der Waals surface area contributed by atoms with Crippen molar-refractivity contribution in [1.29, 1.82) is 0 Å². The van der Waals surface area contributed by atoms with E-state index < -0.39 is 11.2 Å². The SMILES string of the molecule is Cn1c(N)c(NC(=O)Cc2ccccc2)c(=O)n(C)c1=O. The molecule has 1 amide bonds. The van der Waals surface area contributed by atoms with Gasteiger partial charge in [0.1, 0.15) is 11.5 Å². The average molecular weight is 288 g/mol. The molecule has 2 rings (SSSR count). The molecule has 3 N–H and O–H groups in total. The van der Waals surface area contributed by atoms with Crippen LogP contribution in [-0.4, -0.2) is 15.0 Å². The molecular formula is C14H16N4O3. The molecule has 1 aromatic heterocycles. The standard InChI is InChI=1S/C14H16N4O3/c1-17-12(15)11(13(20)18(2)14(17)21)16-10(19)8-9-6-4-3-5-7-9/h3-7H,8,15H2,1-2H3,(H,16,19). The topological polar surface area (TPSA) is 99.1 Å². The maximum absolute atomic E-state index is 12.0. The fourth-order valence-corrected chi connectivity index (χ4v) is 1.94. The lowest BCUT2D eigenvalue weighted by Crippen LogP contribution is -2.40. The van der Waals surface area contributed by atoms with E-state index in [0.717, 1.165) is 14.7 Å². The fraction of sp³-hybridized carbons (Fsp3) is 0.214. The summed E-state index contributed by atoms with van der Waals surface area (Å²) >= 11 is 0. The van der Waals surface area contributed by atoms with Crippen LogP contribution in [0.2, 0.25) is 0 Å². The fourth-order valence-electron chi connectivity index (χ4n) is 1.94. The van der Waals surface area contributed by atoms with Crippen LogP contribution in [0.4, 0.5) is 11.5 Å². The Balaban J connectivity index is 2.30. The first-order valence-electron chi connectivity index (χ1n) is 6.31. The molecular weight excluding hydrogens is 272 g/mol. The van der Waals surface area contributed by atoms with E-state index in [1.807, 2.05) is 30.3 Å². The lowest BCUT2D eigenvalue weighted by molar-refractivity contribution is -0.115. The second-order valence-electron chi connectivity index (χ2n) is 4.68. The molecule has 7 heteroatoms. The Morgan fingerprint density at radius 1 is 1.14 bits per heavy atom. The Morgan fingerprint density at radius 3 is 2.38 bits per heavy atom. The Labute approximate surface area is 120 Å². The number of carbonyl (C=O) groups excluding carboxylic acids is 1. The summed E-state index contributed by atoms with van der Waals surface area (Å²) in [5.41, 5.74) is 5.29. The molecule has 0 radical (unpaired) electrons. The molecule has 0 spiro atoms. The average Bonchev–Trinajstić information content (AvgIpc) is 2.48. The first-order chi connectivity index (χ1) is 9.91. The molecule has 21 heavy (non-hydrogen) atoms. The van der Waals surface area contributed by atoms with Crippen molar-refractivity contribution in [2.45, 2.75) is 6.42 Å². The van der Waals surface area contributed by atoms with E-state index >= 15 is 0 Å². The number of nitrogen functional groups attached to an aromatic ring is 1. The molecule has 0 fully saturated rings. The van der Waals surface area contributed by atoms with Gasteiger partial charge in [0.25, 0.3) is 5.56 Å². The molecule has 0 aliphatic rings. The molecule has 2 aromatic rings. The van der Waals surface area contributed by atoms with Crippen molar-refractivity contribution in [1.82, 2.24) is 9.13 Å². The van der Waals surface area contributed by atoms with Gasteiger partial charge in [0, 0.05) is 14.1 Å². The van der Waals surface area contributed by atoms with Crippen LogP contribution in [0, 0.1) is 0 Å². The van der Waals surface area contributed by atoms with Gasteiger partial charge in [-0.3, -0.25) is 18.7 Å². The number of hydrogen-bond donors (Lipinski definition) is 2. The first kappa shape index (κ1) is 14.6. The Bertz CT molecular complexity index is 790. The van der Waals surface area contributed by atoms with E-state index in [1.165, 1.54) is 14.1 Å². The highest BCUT2D eigenvalue weighted by Crippen LogP contribution is 2.10. The van der Waals surface area contributed by atoms with Crippen molar-refractivity contribution in [3.8, 4) is 0 Å². The zero-order chi connectivity index (χ0) is 15.6. The van der Waals surface area contributed by atoms with E-state index in [0.29, 0.717) is 0 Å². The minimum absolute atomic E-state index is 0.0653. The normalized spacial score (nSPS) is 10.4. The van der Waals surface area contributed by atoms with Crippen LogP contribution >= 0.6 is 0 Å². The van der Waals surface area contributed by atoms with Gasteiger partial charge < -0.3 is 11.1 Å². The molecule has 0 atom stereocenters. The lowest BCUT2D eigenvalue weighted by atomic mass is 10.1. The van der Waals surface area contributed by atoms with Crippen molar-refractivity contribution in [3.05, 3.63) is 56.7 Å². The summed E-state index contributed by atoms with van der Waals surface area (Å²) in [6, 6.07) is 9.11. The minimum Gasteiger partial charge on any atom is -0.383 e. The van der Waals surface area contributed by atoms with Crippen molar-refractivity contribution in [2.75, 3.05) is 11.1 Å². The number of nitrogens with zero attached hydrogens (tertiary/aromatic N) is 2. The van der Waals surface area contributed by atoms with Gasteiger partial charge in [0.15, 0.2) is 0 Å². The summed E-state index contributed by atoms with van der Waals surface area (Å²) < 4.78 is 2.01. The lowest BCUT2D eigenvalue weighted by Gasteiger charge is -2.12. The maximum atomic E-state index is 12.0. The summed E-state index contributed by atoms with van der Waals surface area (Å²) in [5, 5.41) is 2.48. The molecule has 0 saturated heterocycles. The van der Waals surface area contributed by atoms with Crippen LogP contribution in [-0.2, 0) is 25.3 Å². The number of carbonyl (C=O) groups is 1. The van der Waals surface area contributed by atoms with E-state index in [4.69, 9.17) is 5.73 Å². The Morgan fingerprint density at radius 2 is 1.76 bits per heavy atom. The number of nitrogens with two attached hydrogens (primary N) is 1. The van der Waals surface area contributed by atoms with Crippen molar-refractivity contribution >= 4 is 17.4 Å². The Kier molecular flexibility index (Phi) is 3.93. The Hall–Kier alpha value is -2.83. The number of benzene rings is 1. The first-order valence-corrected chi connectivity index (χ1v) is 6.31. The predicted octanol–water partition coefficient (Wildman–Crippen LogP) is -0.153. The number of hydrogen-bond acceptors (Lipinski definition) is 4. The third-order valence-corrected chi connectivity index (χ3v) is 3.18. The molecule has 0 bridgehead atoms. The molecule has 0 unspecified atom stereocenters. The molecule has 0 aliphatic heterocycles. The van der Waals surface area contributed by atoms with Gasteiger partial charge in [-0.1, -0.05) is 30.3 Å². The molecule has 0 aliphatic carbocycles. The van der Waals surface area contributed by atoms with Gasteiger partial charge in [0.05, 0.1) is 6.42 Å². The van der Waals surface area contributed by atoms with Crippen LogP contribution < -0.4 is 22.3 Å². The summed E-state index contributed by atoms with van der Waals surface area (Å²) in [5.74, 6) is -0.437. The smallest absolute Gasteiger partial charge is 0.332 e. The van der Waals surface area contributed by atoms with Gasteiger partial charge >= 0.3 is 5.69 Å². The largest absolute Gasteiger partial charge is 0.383 e. The summed E-state index contributed by atoms with van der Waals surface area (Å²) in [4.78, 5) is 35.7. The van der Waals surface area contributed by atoms with Crippen LogP contribution in [0.5, 0.6) is 0 Å². The molecule has 7 nitrogen and oxygen atoms in total. The quantitative estimate of drug-likeness (QED) is 0.820. The zero-order valence-corrected chi connectivity index (χ0v) is 11.8. The van der Waals surface area contributed by atoms with Crippen molar-refractivity contribution < 1.29 is 4.79 Å². The van der Waals surface area contributed by atoms with Crippen molar-refractivity contribution in [3.63, 3.8) is 0 Å². The molecule has 1 aromatic carbocycles. The van der Waals surface area contributed by atoms with E-state index in [-0.39, 0.29) is 23.8 Å². The van der Waals surface area contributed by atoms with E-state index in [9.17, 15) is 14.4 Å². The highest BCUT2D eigenvalue weighted by atomic mass is 16.2. The van der Waals surface area contributed by atoms with Gasteiger partial charge in [-0.25, -0.2) is 4.79 Å². The van der Waals surface area contributed by atoms with Crippen LogP contribution in [0.3, 0.4) is 0 Å². The molecule has 0 saturated carbocycles. The van der Waals surface area contributed by atoms with Crippen LogP contribution in [0.15, 0.2) is 39.9 Å². The van der Waals surface area contributed by atoms with Gasteiger partial charge in [-0.05, 0) is 5.56 Å². The minimum atomic E-state index is -0.628. The predicted molar refractivity (Wildman–Crippen MR) is 80.1 cm³/mol. The maximum Gasteiger partial charge on any atom is 0.332 e. The second kappa shape index (κ2) is 5.66. The highest BCUT2D eigenvalue weighted by Gasteiger charge is 2.15. The summed E-state index contributed by atoms with van der Waals surface area (Å²) in [7, 11) is 2.76. The summed E-state index contributed by atoms with van der Waals surface area (Å²) in [6.45, 7) is 0. The number of aromatic nitrogens is 2. The highest BCUT2D eigenvalue weighted by molar-refractivity contribution is 5.94. The van der Waals surface area contributed by atoms with Gasteiger partial charge in [-0.15, -0.1) is 0 Å². The number of rotatable bonds is 3. The summed E-state index contributed by atoms with van der Waals surface area (Å²) in [6.07, 6.45) is 0.117.